The number of nitrogens with zero attached hydrogens (tertiary/aromatic N) is 2. The number of hydrogen-bond donors (Lipinski definition) is 0. The average molecular weight is 282 g/mol. The topological polar surface area (TPSA) is 33.2 Å². The molecule has 1 aromatic heterocycles. The van der Waals surface area contributed by atoms with E-state index >= 15 is 0 Å². The van der Waals surface area contributed by atoms with E-state index in [4.69, 9.17) is 0 Å². The van der Waals surface area contributed by atoms with Crippen LogP contribution in [-0.2, 0) is 16.6 Å². The molecule has 0 saturated carbocycles. The standard InChI is InChI=1S/C15H26N2OS/c1-6-17(7-2)9-8-12(18)10-14-16-13(11-19-14)15(3,4)5/h11H,6-10H2,1-5H3. The highest BCUT2D eigenvalue weighted by molar-refractivity contribution is 7.09. The Morgan fingerprint density at radius 1 is 1.32 bits per heavy atom. The number of carbonyl (C=O) groups excluding carboxylic acids is 1. The van der Waals surface area contributed by atoms with E-state index in [1.165, 1.54) is 0 Å². The van der Waals surface area contributed by atoms with Crippen LogP contribution in [0.1, 0.15) is 51.7 Å². The van der Waals surface area contributed by atoms with E-state index in [1.54, 1.807) is 11.3 Å². The van der Waals surface area contributed by atoms with Gasteiger partial charge in [0.25, 0.3) is 0 Å². The molecule has 0 fully saturated rings. The molecule has 0 bridgehead atoms. The molecule has 0 atom stereocenters. The Morgan fingerprint density at radius 3 is 2.42 bits per heavy atom. The van der Waals surface area contributed by atoms with Crippen LogP contribution in [0.5, 0.6) is 0 Å². The lowest BCUT2D eigenvalue weighted by Crippen LogP contribution is -2.26. The number of hydrogen-bond acceptors (Lipinski definition) is 4. The van der Waals surface area contributed by atoms with Gasteiger partial charge >= 0.3 is 0 Å². The maximum Gasteiger partial charge on any atom is 0.140 e. The molecule has 1 aromatic rings. The van der Waals surface area contributed by atoms with E-state index in [0.29, 0.717) is 18.6 Å². The molecule has 3 nitrogen and oxygen atoms in total. The van der Waals surface area contributed by atoms with Gasteiger partial charge in [0.2, 0.25) is 0 Å². The molecule has 0 radical (unpaired) electrons. The maximum absolute atomic E-state index is 11.9. The van der Waals surface area contributed by atoms with Crippen molar-refractivity contribution in [3.63, 3.8) is 0 Å². The number of thiazole rings is 1. The summed E-state index contributed by atoms with van der Waals surface area (Å²) in [4.78, 5) is 18.8. The van der Waals surface area contributed by atoms with Crippen molar-refractivity contribution in [2.24, 2.45) is 0 Å². The summed E-state index contributed by atoms with van der Waals surface area (Å²) in [5.41, 5.74) is 1.16. The number of Topliss-reactive ketones (excluding diaryl/α,β-unsaturated/α-hetero) is 1. The van der Waals surface area contributed by atoms with Crippen LogP contribution in [0.25, 0.3) is 0 Å². The van der Waals surface area contributed by atoms with Crippen LogP contribution in [0.2, 0.25) is 0 Å². The van der Waals surface area contributed by atoms with Crippen molar-refractivity contribution in [3.05, 3.63) is 16.1 Å². The van der Waals surface area contributed by atoms with E-state index in [1.807, 2.05) is 0 Å². The molecule has 0 aliphatic carbocycles. The quantitative estimate of drug-likeness (QED) is 0.769. The largest absolute Gasteiger partial charge is 0.303 e. The maximum atomic E-state index is 11.9. The van der Waals surface area contributed by atoms with Crippen LogP contribution < -0.4 is 0 Å². The molecule has 19 heavy (non-hydrogen) atoms. The predicted octanol–water partition coefficient (Wildman–Crippen LogP) is 3.28. The third-order valence-corrected chi connectivity index (χ3v) is 4.12. The molecule has 0 N–H and O–H groups in total. The zero-order valence-corrected chi connectivity index (χ0v) is 13.6. The first-order valence-corrected chi connectivity index (χ1v) is 7.93. The van der Waals surface area contributed by atoms with Gasteiger partial charge in [-0.05, 0) is 13.1 Å². The summed E-state index contributed by atoms with van der Waals surface area (Å²) in [5, 5.41) is 3.03. The first-order chi connectivity index (χ1) is 8.86. The van der Waals surface area contributed by atoms with Crippen molar-refractivity contribution < 1.29 is 4.79 Å². The molecular formula is C15H26N2OS. The van der Waals surface area contributed by atoms with Gasteiger partial charge in [0, 0.05) is 23.8 Å². The molecule has 4 heteroatoms. The van der Waals surface area contributed by atoms with Crippen LogP contribution in [0.3, 0.4) is 0 Å². The van der Waals surface area contributed by atoms with E-state index < -0.39 is 0 Å². The van der Waals surface area contributed by atoms with Gasteiger partial charge in [-0.2, -0.15) is 0 Å². The van der Waals surface area contributed by atoms with Crippen molar-refractivity contribution in [3.8, 4) is 0 Å². The summed E-state index contributed by atoms with van der Waals surface area (Å²) in [6, 6.07) is 0. The normalized spacial score (nSPS) is 12.1. The van der Waals surface area contributed by atoms with Crippen molar-refractivity contribution >= 4 is 17.1 Å². The summed E-state index contributed by atoms with van der Waals surface area (Å²) >= 11 is 1.60. The fourth-order valence-corrected chi connectivity index (χ4v) is 2.87. The molecule has 0 spiro atoms. The van der Waals surface area contributed by atoms with E-state index in [9.17, 15) is 4.79 Å². The Morgan fingerprint density at radius 2 is 1.95 bits per heavy atom. The lowest BCUT2D eigenvalue weighted by Gasteiger charge is -2.16. The minimum atomic E-state index is 0.0685. The first-order valence-electron chi connectivity index (χ1n) is 7.05. The van der Waals surface area contributed by atoms with Crippen LogP contribution >= 0.6 is 11.3 Å². The highest BCUT2D eigenvalue weighted by Gasteiger charge is 2.18. The fraction of sp³-hybridized carbons (Fsp3) is 0.733. The Kier molecular flexibility index (Phi) is 6.14. The van der Waals surface area contributed by atoms with Gasteiger partial charge in [0.05, 0.1) is 12.1 Å². The zero-order valence-electron chi connectivity index (χ0n) is 12.8. The van der Waals surface area contributed by atoms with Gasteiger partial charge in [0.15, 0.2) is 0 Å². The molecule has 0 aliphatic rings. The molecular weight excluding hydrogens is 256 g/mol. The highest BCUT2D eigenvalue weighted by atomic mass is 32.1. The molecule has 108 valence electrons. The van der Waals surface area contributed by atoms with Gasteiger partial charge in [0.1, 0.15) is 10.8 Å². The zero-order chi connectivity index (χ0) is 14.5. The van der Waals surface area contributed by atoms with E-state index in [0.717, 1.165) is 30.3 Å². The van der Waals surface area contributed by atoms with Crippen LogP contribution in [0.4, 0.5) is 0 Å². The number of carbonyl (C=O) groups is 1. The lowest BCUT2D eigenvalue weighted by molar-refractivity contribution is -0.118. The van der Waals surface area contributed by atoms with E-state index in [-0.39, 0.29) is 5.41 Å². The number of aromatic nitrogens is 1. The lowest BCUT2D eigenvalue weighted by atomic mass is 9.93. The molecule has 0 saturated heterocycles. The van der Waals surface area contributed by atoms with E-state index in [2.05, 4.69) is 49.9 Å². The van der Waals surface area contributed by atoms with Crippen LogP contribution in [-0.4, -0.2) is 35.3 Å². The Hall–Kier alpha value is -0.740. The molecule has 0 aromatic carbocycles. The Bertz CT molecular complexity index is 403. The van der Waals surface area contributed by atoms with Gasteiger partial charge in [-0.1, -0.05) is 34.6 Å². The van der Waals surface area contributed by atoms with Gasteiger partial charge in [-0.25, -0.2) is 4.98 Å². The van der Waals surface area contributed by atoms with Crippen molar-refractivity contribution in [1.29, 1.82) is 0 Å². The summed E-state index contributed by atoms with van der Waals surface area (Å²) in [6.45, 7) is 13.6. The molecule has 1 rings (SSSR count). The van der Waals surface area contributed by atoms with Crippen LogP contribution in [0.15, 0.2) is 5.38 Å². The monoisotopic (exact) mass is 282 g/mol. The average Bonchev–Trinajstić information content (AvgIpc) is 2.78. The molecule has 0 amide bonds. The highest BCUT2D eigenvalue weighted by Crippen LogP contribution is 2.24. The molecule has 1 heterocycles. The summed E-state index contributed by atoms with van der Waals surface area (Å²) < 4.78 is 0. The second kappa shape index (κ2) is 7.15. The third kappa shape index (κ3) is 5.41. The second-order valence-electron chi connectivity index (χ2n) is 5.87. The van der Waals surface area contributed by atoms with Crippen LogP contribution in [0, 0.1) is 0 Å². The minimum Gasteiger partial charge on any atom is -0.303 e. The van der Waals surface area contributed by atoms with Gasteiger partial charge in [-0.3, -0.25) is 4.79 Å². The number of rotatable bonds is 7. The van der Waals surface area contributed by atoms with Crippen molar-refractivity contribution in [2.75, 3.05) is 19.6 Å². The fourth-order valence-electron chi connectivity index (χ4n) is 1.82. The van der Waals surface area contributed by atoms with Gasteiger partial charge in [-0.15, -0.1) is 11.3 Å². The summed E-state index contributed by atoms with van der Waals surface area (Å²) in [7, 11) is 0. The van der Waals surface area contributed by atoms with Crippen molar-refractivity contribution in [1.82, 2.24) is 9.88 Å². The second-order valence-corrected chi connectivity index (χ2v) is 6.81. The van der Waals surface area contributed by atoms with Gasteiger partial charge < -0.3 is 4.90 Å². The first kappa shape index (κ1) is 16.3. The SMILES string of the molecule is CCN(CC)CCC(=O)Cc1nc(C(C)(C)C)cs1. The molecule has 0 aliphatic heterocycles. The Labute approximate surface area is 121 Å². The van der Waals surface area contributed by atoms with Crippen molar-refractivity contribution in [2.45, 2.75) is 52.9 Å². The minimum absolute atomic E-state index is 0.0685. The Balaban J connectivity index is 2.47. The third-order valence-electron chi connectivity index (χ3n) is 3.27. The summed E-state index contributed by atoms with van der Waals surface area (Å²) in [5.74, 6) is 0.293. The molecule has 0 unspecified atom stereocenters. The smallest absolute Gasteiger partial charge is 0.140 e. The predicted molar refractivity (Wildman–Crippen MR) is 81.9 cm³/mol. The summed E-state index contributed by atoms with van der Waals surface area (Å²) in [6.07, 6.45) is 1.12. The number of ketones is 1.